The Morgan fingerprint density at radius 3 is 2.27 bits per heavy atom. The minimum absolute atomic E-state index is 0.0959. The first-order valence-corrected chi connectivity index (χ1v) is 7.48. The van der Waals surface area contributed by atoms with E-state index < -0.39 is 0 Å². The van der Waals surface area contributed by atoms with Crippen LogP contribution in [0.4, 0.5) is 10.5 Å². The zero-order chi connectivity index (χ0) is 16.1. The molecule has 1 saturated heterocycles. The van der Waals surface area contributed by atoms with Crippen LogP contribution in [0, 0.1) is 0 Å². The van der Waals surface area contributed by atoms with Crippen molar-refractivity contribution in [3.8, 4) is 17.2 Å². The molecule has 0 radical (unpaired) electrons. The number of rotatable bonds is 4. The van der Waals surface area contributed by atoms with Gasteiger partial charge in [0.15, 0.2) is 11.5 Å². The van der Waals surface area contributed by atoms with E-state index >= 15 is 0 Å². The lowest BCUT2D eigenvalue weighted by Crippen LogP contribution is -2.44. The summed E-state index contributed by atoms with van der Waals surface area (Å²) in [5.41, 5.74) is 0.622. The van der Waals surface area contributed by atoms with Gasteiger partial charge in [0.05, 0.1) is 27.0 Å². The first-order valence-electron chi connectivity index (χ1n) is 7.48. The van der Waals surface area contributed by atoms with E-state index in [1.807, 2.05) is 4.90 Å². The largest absolute Gasteiger partial charge is 0.493 e. The van der Waals surface area contributed by atoms with Crippen molar-refractivity contribution in [3.63, 3.8) is 0 Å². The van der Waals surface area contributed by atoms with Gasteiger partial charge in [-0.15, -0.1) is 0 Å². The van der Waals surface area contributed by atoms with Crippen LogP contribution in [-0.2, 0) is 0 Å². The fourth-order valence-electron chi connectivity index (χ4n) is 2.75. The predicted octanol–water partition coefficient (Wildman–Crippen LogP) is 3.12. The molecule has 0 aromatic heterocycles. The summed E-state index contributed by atoms with van der Waals surface area (Å²) in [7, 11) is 4.65. The van der Waals surface area contributed by atoms with Gasteiger partial charge in [0.1, 0.15) is 0 Å². The number of ether oxygens (including phenoxy) is 3. The second-order valence-electron chi connectivity index (χ2n) is 5.38. The number of urea groups is 1. The van der Waals surface area contributed by atoms with Gasteiger partial charge < -0.3 is 24.4 Å². The number of anilines is 1. The van der Waals surface area contributed by atoms with E-state index in [1.165, 1.54) is 6.42 Å². The highest BCUT2D eigenvalue weighted by molar-refractivity contribution is 5.90. The van der Waals surface area contributed by atoms with Crippen molar-refractivity contribution in [2.24, 2.45) is 0 Å². The molecule has 0 aliphatic carbocycles. The molecule has 2 rings (SSSR count). The molecule has 2 amide bonds. The van der Waals surface area contributed by atoms with Crippen LogP contribution in [0.5, 0.6) is 17.2 Å². The van der Waals surface area contributed by atoms with Crippen LogP contribution in [0.3, 0.4) is 0 Å². The monoisotopic (exact) mass is 308 g/mol. The Kier molecular flexibility index (Phi) is 5.35. The molecule has 1 aromatic carbocycles. The molecular formula is C16H24N2O4. The predicted molar refractivity (Wildman–Crippen MR) is 85.1 cm³/mol. The van der Waals surface area contributed by atoms with Crippen molar-refractivity contribution in [3.05, 3.63) is 12.1 Å². The van der Waals surface area contributed by atoms with Gasteiger partial charge in [-0.3, -0.25) is 0 Å². The van der Waals surface area contributed by atoms with Gasteiger partial charge >= 0.3 is 6.03 Å². The van der Waals surface area contributed by atoms with Crippen molar-refractivity contribution in [2.45, 2.75) is 32.2 Å². The number of hydrogen-bond acceptors (Lipinski definition) is 4. The smallest absolute Gasteiger partial charge is 0.322 e. The molecule has 0 spiro atoms. The van der Waals surface area contributed by atoms with Crippen LogP contribution in [-0.4, -0.2) is 44.8 Å². The van der Waals surface area contributed by atoms with Crippen LogP contribution < -0.4 is 19.5 Å². The molecule has 122 valence electrons. The van der Waals surface area contributed by atoms with Gasteiger partial charge in [0, 0.05) is 24.7 Å². The third kappa shape index (κ3) is 3.37. The molecule has 1 N–H and O–H groups in total. The van der Waals surface area contributed by atoms with Gasteiger partial charge in [0.2, 0.25) is 5.75 Å². The molecule has 1 aliphatic heterocycles. The molecule has 0 unspecified atom stereocenters. The summed E-state index contributed by atoms with van der Waals surface area (Å²) in [6, 6.07) is 3.62. The Balaban J connectivity index is 2.20. The van der Waals surface area contributed by atoms with Crippen molar-refractivity contribution in [2.75, 3.05) is 33.2 Å². The number of nitrogens with one attached hydrogen (secondary N) is 1. The minimum atomic E-state index is -0.0959. The Morgan fingerprint density at radius 1 is 1.14 bits per heavy atom. The first-order chi connectivity index (χ1) is 10.6. The van der Waals surface area contributed by atoms with Gasteiger partial charge in [-0.25, -0.2) is 4.79 Å². The van der Waals surface area contributed by atoms with E-state index in [0.717, 1.165) is 19.4 Å². The van der Waals surface area contributed by atoms with Crippen LogP contribution in [0.2, 0.25) is 0 Å². The van der Waals surface area contributed by atoms with E-state index in [2.05, 4.69) is 12.2 Å². The van der Waals surface area contributed by atoms with E-state index in [0.29, 0.717) is 22.9 Å². The number of hydrogen-bond donors (Lipinski definition) is 1. The quantitative estimate of drug-likeness (QED) is 0.928. The fraction of sp³-hybridized carbons (Fsp3) is 0.562. The Bertz CT molecular complexity index is 508. The molecule has 6 nitrogen and oxygen atoms in total. The highest BCUT2D eigenvalue weighted by Gasteiger charge is 2.24. The highest BCUT2D eigenvalue weighted by atomic mass is 16.5. The van der Waals surface area contributed by atoms with Gasteiger partial charge in [-0.1, -0.05) is 0 Å². The summed E-state index contributed by atoms with van der Waals surface area (Å²) in [5.74, 6) is 1.54. The molecule has 1 aromatic rings. The summed E-state index contributed by atoms with van der Waals surface area (Å²) in [4.78, 5) is 14.3. The number of piperidine rings is 1. The maximum atomic E-state index is 12.4. The maximum absolute atomic E-state index is 12.4. The summed E-state index contributed by atoms with van der Waals surface area (Å²) in [6.45, 7) is 2.87. The lowest BCUT2D eigenvalue weighted by molar-refractivity contribution is 0.170. The molecule has 1 atom stereocenters. The number of carbonyl (C=O) groups excluding carboxylic acids is 1. The molecular weight excluding hydrogens is 284 g/mol. The Labute approximate surface area is 131 Å². The SMILES string of the molecule is COc1cc(NC(=O)N2CCCC[C@@H]2C)cc(OC)c1OC. The molecule has 0 saturated carbocycles. The third-order valence-corrected chi connectivity index (χ3v) is 3.98. The van der Waals surface area contributed by atoms with E-state index in [-0.39, 0.29) is 12.1 Å². The van der Waals surface area contributed by atoms with Crippen LogP contribution in [0.25, 0.3) is 0 Å². The molecule has 0 bridgehead atoms. The van der Waals surface area contributed by atoms with E-state index in [1.54, 1.807) is 33.5 Å². The molecule has 6 heteroatoms. The number of amides is 2. The number of carbonyl (C=O) groups is 1. The summed E-state index contributed by atoms with van der Waals surface area (Å²) >= 11 is 0. The highest BCUT2D eigenvalue weighted by Crippen LogP contribution is 2.40. The third-order valence-electron chi connectivity index (χ3n) is 3.98. The van der Waals surface area contributed by atoms with Crippen LogP contribution in [0.15, 0.2) is 12.1 Å². The lowest BCUT2D eigenvalue weighted by atomic mass is 10.0. The van der Waals surface area contributed by atoms with E-state index in [4.69, 9.17) is 14.2 Å². The number of benzene rings is 1. The van der Waals surface area contributed by atoms with Crippen LogP contribution in [0.1, 0.15) is 26.2 Å². The van der Waals surface area contributed by atoms with E-state index in [9.17, 15) is 4.79 Å². The van der Waals surface area contributed by atoms with Gasteiger partial charge in [-0.05, 0) is 26.2 Å². The van der Waals surface area contributed by atoms with Crippen molar-refractivity contribution >= 4 is 11.7 Å². The van der Waals surface area contributed by atoms with Gasteiger partial charge in [0.25, 0.3) is 0 Å². The molecule has 1 heterocycles. The lowest BCUT2D eigenvalue weighted by Gasteiger charge is -2.33. The molecule has 22 heavy (non-hydrogen) atoms. The summed E-state index contributed by atoms with van der Waals surface area (Å²) in [6.07, 6.45) is 3.27. The zero-order valence-corrected chi connectivity index (χ0v) is 13.6. The summed E-state index contributed by atoms with van der Waals surface area (Å²) < 4.78 is 15.9. The molecule has 1 fully saturated rings. The topological polar surface area (TPSA) is 60.0 Å². The van der Waals surface area contributed by atoms with Crippen molar-refractivity contribution < 1.29 is 19.0 Å². The fourth-order valence-corrected chi connectivity index (χ4v) is 2.75. The molecule has 1 aliphatic rings. The number of likely N-dealkylation sites (tertiary alicyclic amines) is 1. The maximum Gasteiger partial charge on any atom is 0.322 e. The Hall–Kier alpha value is -2.11. The second kappa shape index (κ2) is 7.24. The average molecular weight is 308 g/mol. The number of methoxy groups -OCH3 is 3. The van der Waals surface area contributed by atoms with Gasteiger partial charge in [-0.2, -0.15) is 0 Å². The Morgan fingerprint density at radius 2 is 1.77 bits per heavy atom. The zero-order valence-electron chi connectivity index (χ0n) is 13.6. The first kappa shape index (κ1) is 16.3. The van der Waals surface area contributed by atoms with Crippen LogP contribution >= 0.6 is 0 Å². The average Bonchev–Trinajstić information content (AvgIpc) is 2.54. The number of nitrogens with zero attached hydrogens (tertiary/aromatic N) is 1. The normalized spacial score (nSPS) is 17.8. The second-order valence-corrected chi connectivity index (χ2v) is 5.38. The van der Waals surface area contributed by atoms with Crippen molar-refractivity contribution in [1.82, 2.24) is 4.90 Å². The standard InChI is InChI=1S/C16H24N2O4/c1-11-7-5-6-8-18(11)16(19)17-12-9-13(20-2)15(22-4)14(10-12)21-3/h9-11H,5-8H2,1-4H3,(H,17,19)/t11-/m0/s1. The summed E-state index contributed by atoms with van der Waals surface area (Å²) in [5, 5.41) is 2.91. The minimum Gasteiger partial charge on any atom is -0.493 e. The van der Waals surface area contributed by atoms with Crippen molar-refractivity contribution in [1.29, 1.82) is 0 Å².